The van der Waals surface area contributed by atoms with Crippen LogP contribution in [-0.2, 0) is 17.7 Å². The van der Waals surface area contributed by atoms with Crippen LogP contribution in [0.4, 0.5) is 0 Å². The van der Waals surface area contributed by atoms with Crippen LogP contribution in [0.1, 0.15) is 42.6 Å². The van der Waals surface area contributed by atoms with E-state index in [9.17, 15) is 4.79 Å². The number of hydrogen-bond donors (Lipinski definition) is 0. The monoisotopic (exact) mass is 288 g/mol. The predicted molar refractivity (Wildman–Crippen MR) is 77.9 cm³/mol. The van der Waals surface area contributed by atoms with Gasteiger partial charge in [0.15, 0.2) is 5.69 Å². The largest absolute Gasteiger partial charge is 0.455 e. The van der Waals surface area contributed by atoms with Crippen LogP contribution in [0.5, 0.6) is 0 Å². The normalized spacial score (nSPS) is 11.4. The fourth-order valence-corrected chi connectivity index (χ4v) is 1.85. The summed E-state index contributed by atoms with van der Waals surface area (Å²) in [6, 6.07) is 5.79. The Hall–Kier alpha value is -2.24. The minimum atomic E-state index is -0.540. The van der Waals surface area contributed by atoms with Crippen LogP contribution in [-0.4, -0.2) is 31.5 Å². The lowest BCUT2D eigenvalue weighted by molar-refractivity contribution is 0.00619. The third-order valence-corrected chi connectivity index (χ3v) is 2.88. The van der Waals surface area contributed by atoms with E-state index in [2.05, 4.69) is 15.3 Å². The smallest absolute Gasteiger partial charge is 0.361 e. The van der Waals surface area contributed by atoms with E-state index in [0.29, 0.717) is 12.2 Å². The van der Waals surface area contributed by atoms with Gasteiger partial charge in [-0.2, -0.15) is 0 Å². The molecule has 0 amide bonds. The van der Waals surface area contributed by atoms with Crippen LogP contribution in [0.15, 0.2) is 24.4 Å². The molecule has 0 aromatic carbocycles. The second kappa shape index (κ2) is 6.03. The van der Waals surface area contributed by atoms with Crippen molar-refractivity contribution in [2.75, 3.05) is 0 Å². The molecule has 0 atom stereocenters. The van der Waals surface area contributed by atoms with Crippen molar-refractivity contribution in [2.24, 2.45) is 0 Å². The molecule has 6 nitrogen and oxygen atoms in total. The fourth-order valence-electron chi connectivity index (χ4n) is 1.85. The first-order valence-electron chi connectivity index (χ1n) is 6.90. The van der Waals surface area contributed by atoms with Crippen LogP contribution in [0, 0.1) is 6.92 Å². The maximum Gasteiger partial charge on any atom is 0.361 e. The van der Waals surface area contributed by atoms with E-state index in [4.69, 9.17) is 4.74 Å². The molecule has 112 valence electrons. The average Bonchev–Trinajstić information content (AvgIpc) is 2.77. The summed E-state index contributed by atoms with van der Waals surface area (Å²) in [4.78, 5) is 16.3. The van der Waals surface area contributed by atoms with Gasteiger partial charge >= 0.3 is 5.97 Å². The number of pyridine rings is 1. The van der Waals surface area contributed by atoms with Crippen molar-refractivity contribution in [1.82, 2.24) is 20.0 Å². The van der Waals surface area contributed by atoms with Crippen LogP contribution in [0.2, 0.25) is 0 Å². The van der Waals surface area contributed by atoms with Crippen molar-refractivity contribution in [3.63, 3.8) is 0 Å². The first kappa shape index (κ1) is 15.2. The van der Waals surface area contributed by atoms with E-state index in [1.165, 1.54) is 0 Å². The number of aromatic nitrogens is 4. The SMILES string of the molecule is Cc1c(C(=O)OC(C)(C)C)nnn1CCc1ccccn1. The quantitative estimate of drug-likeness (QED) is 0.806. The summed E-state index contributed by atoms with van der Waals surface area (Å²) >= 11 is 0. The van der Waals surface area contributed by atoms with Crippen molar-refractivity contribution in [1.29, 1.82) is 0 Å². The number of hydrogen-bond acceptors (Lipinski definition) is 5. The lowest BCUT2D eigenvalue weighted by Gasteiger charge is -2.18. The number of ether oxygens (including phenoxy) is 1. The summed E-state index contributed by atoms with van der Waals surface area (Å²) in [5.74, 6) is -0.441. The highest BCUT2D eigenvalue weighted by atomic mass is 16.6. The Morgan fingerprint density at radius 2 is 2.10 bits per heavy atom. The Morgan fingerprint density at radius 3 is 2.71 bits per heavy atom. The predicted octanol–water partition coefficient (Wildman–Crippen LogP) is 2.18. The molecule has 0 spiro atoms. The highest BCUT2D eigenvalue weighted by Crippen LogP contribution is 2.13. The van der Waals surface area contributed by atoms with Crippen molar-refractivity contribution in [2.45, 2.75) is 46.3 Å². The van der Waals surface area contributed by atoms with Crippen LogP contribution < -0.4 is 0 Å². The summed E-state index contributed by atoms with van der Waals surface area (Å²) in [7, 11) is 0. The third kappa shape index (κ3) is 4.11. The molecule has 0 aliphatic heterocycles. The maximum absolute atomic E-state index is 12.0. The van der Waals surface area contributed by atoms with Gasteiger partial charge in [0.05, 0.1) is 5.69 Å². The maximum atomic E-state index is 12.0. The van der Waals surface area contributed by atoms with Gasteiger partial charge in [-0.1, -0.05) is 11.3 Å². The number of aryl methyl sites for hydroxylation is 2. The van der Waals surface area contributed by atoms with E-state index in [1.54, 1.807) is 10.9 Å². The number of nitrogens with zero attached hydrogens (tertiary/aromatic N) is 4. The topological polar surface area (TPSA) is 69.9 Å². The molecule has 0 aliphatic carbocycles. The molecule has 21 heavy (non-hydrogen) atoms. The third-order valence-electron chi connectivity index (χ3n) is 2.88. The van der Waals surface area contributed by atoms with Gasteiger partial charge in [-0.3, -0.25) is 4.98 Å². The first-order chi connectivity index (χ1) is 9.87. The summed E-state index contributed by atoms with van der Waals surface area (Å²) in [6.07, 6.45) is 2.49. The Kier molecular flexibility index (Phi) is 4.35. The van der Waals surface area contributed by atoms with Gasteiger partial charge in [-0.05, 0) is 39.8 Å². The van der Waals surface area contributed by atoms with Gasteiger partial charge in [0, 0.05) is 24.9 Å². The standard InChI is InChI=1S/C15H20N4O2/c1-11-13(14(20)21-15(2,3)4)17-18-19(11)10-8-12-7-5-6-9-16-12/h5-7,9H,8,10H2,1-4H3. The number of carbonyl (C=O) groups excluding carboxylic acids is 1. The number of carbonyl (C=O) groups is 1. The highest BCUT2D eigenvalue weighted by Gasteiger charge is 2.23. The zero-order valence-electron chi connectivity index (χ0n) is 12.8. The lowest BCUT2D eigenvalue weighted by Crippen LogP contribution is -2.24. The van der Waals surface area contributed by atoms with Gasteiger partial charge in [0.25, 0.3) is 0 Å². The Balaban J connectivity index is 2.05. The molecule has 0 bridgehead atoms. The molecule has 0 saturated carbocycles. The second-order valence-electron chi connectivity index (χ2n) is 5.82. The van der Waals surface area contributed by atoms with Crippen LogP contribution in [0.25, 0.3) is 0 Å². The number of esters is 1. The van der Waals surface area contributed by atoms with E-state index < -0.39 is 11.6 Å². The van der Waals surface area contributed by atoms with Gasteiger partial charge in [-0.25, -0.2) is 9.48 Å². The summed E-state index contributed by atoms with van der Waals surface area (Å²) in [6.45, 7) is 7.92. The van der Waals surface area contributed by atoms with Gasteiger partial charge in [-0.15, -0.1) is 5.10 Å². The molecular formula is C15H20N4O2. The molecule has 0 N–H and O–H groups in total. The Bertz CT molecular complexity index is 614. The molecule has 2 aromatic heterocycles. The minimum Gasteiger partial charge on any atom is -0.455 e. The molecule has 0 aliphatic rings. The Labute approximate surface area is 124 Å². The molecule has 0 fully saturated rings. The zero-order valence-corrected chi connectivity index (χ0v) is 12.8. The van der Waals surface area contributed by atoms with Crippen LogP contribution >= 0.6 is 0 Å². The van der Waals surface area contributed by atoms with E-state index >= 15 is 0 Å². The van der Waals surface area contributed by atoms with Gasteiger partial charge < -0.3 is 4.74 Å². The molecule has 2 aromatic rings. The number of rotatable bonds is 4. The van der Waals surface area contributed by atoms with Crippen LogP contribution in [0.3, 0.4) is 0 Å². The van der Waals surface area contributed by atoms with E-state index in [-0.39, 0.29) is 5.69 Å². The second-order valence-corrected chi connectivity index (χ2v) is 5.82. The summed E-state index contributed by atoms with van der Waals surface area (Å²) in [5.41, 5.74) is 1.42. The molecule has 0 radical (unpaired) electrons. The summed E-state index contributed by atoms with van der Waals surface area (Å²) in [5, 5.41) is 7.95. The minimum absolute atomic E-state index is 0.269. The van der Waals surface area contributed by atoms with Gasteiger partial charge in [0.2, 0.25) is 0 Å². The molecule has 0 unspecified atom stereocenters. The summed E-state index contributed by atoms with van der Waals surface area (Å²) < 4.78 is 7.02. The van der Waals surface area contributed by atoms with Crippen molar-refractivity contribution < 1.29 is 9.53 Å². The fraction of sp³-hybridized carbons (Fsp3) is 0.467. The molecule has 2 rings (SSSR count). The average molecular weight is 288 g/mol. The highest BCUT2D eigenvalue weighted by molar-refractivity contribution is 5.88. The molecule has 0 saturated heterocycles. The zero-order chi connectivity index (χ0) is 15.5. The molecule has 2 heterocycles. The van der Waals surface area contributed by atoms with Crippen molar-refractivity contribution in [3.05, 3.63) is 41.5 Å². The van der Waals surface area contributed by atoms with Gasteiger partial charge in [0.1, 0.15) is 5.60 Å². The Morgan fingerprint density at radius 1 is 1.33 bits per heavy atom. The molecule has 6 heteroatoms. The van der Waals surface area contributed by atoms with E-state index in [0.717, 1.165) is 12.1 Å². The lowest BCUT2D eigenvalue weighted by atomic mass is 10.2. The van der Waals surface area contributed by atoms with E-state index in [1.807, 2.05) is 45.9 Å². The van der Waals surface area contributed by atoms with Crippen molar-refractivity contribution in [3.8, 4) is 0 Å². The van der Waals surface area contributed by atoms with Crippen molar-refractivity contribution >= 4 is 5.97 Å². The molecular weight excluding hydrogens is 268 g/mol. The first-order valence-corrected chi connectivity index (χ1v) is 6.90.